The topological polar surface area (TPSA) is 86.6 Å². The van der Waals surface area contributed by atoms with Gasteiger partial charge in [-0.05, 0) is 34.7 Å². The third-order valence-corrected chi connectivity index (χ3v) is 2.84. The number of rotatable bonds is 6. The molecule has 3 N–H and O–H groups in total. The predicted molar refractivity (Wildman–Crippen MR) is 74.2 cm³/mol. The quantitative estimate of drug-likeness (QED) is 0.128. The van der Waals surface area contributed by atoms with Crippen LogP contribution >= 0.6 is 22.6 Å². The minimum atomic E-state index is -1.58. The summed E-state index contributed by atoms with van der Waals surface area (Å²) in [7, 11) is 0. The Morgan fingerprint density at radius 3 is 2.55 bits per heavy atom. The number of aliphatic hydroxyl groups excluding tert-OH is 1. The molecule has 8 heteroatoms. The number of Topliss-reactive ketones (excluding diaryl/α,β-unsaturated/α-hetero) is 1. The maximum absolute atomic E-state index is 13.6. The van der Waals surface area contributed by atoms with Crippen LogP contribution in [0.4, 0.5) is 8.78 Å². The van der Waals surface area contributed by atoms with Crippen molar-refractivity contribution >= 4 is 34.3 Å². The highest BCUT2D eigenvalue weighted by molar-refractivity contribution is 14.1. The van der Waals surface area contributed by atoms with Crippen LogP contribution in [0.3, 0.4) is 0 Å². The molecular weight excluding hydrogens is 387 g/mol. The first-order chi connectivity index (χ1) is 9.38. The molecule has 0 radical (unpaired) electrons. The molecule has 20 heavy (non-hydrogen) atoms. The summed E-state index contributed by atoms with van der Waals surface area (Å²) in [6.45, 7) is -0.253. The van der Waals surface area contributed by atoms with Crippen molar-refractivity contribution in [1.29, 1.82) is 0 Å². The number of hydrogen-bond acceptors (Lipinski definition) is 4. The highest BCUT2D eigenvalue weighted by atomic mass is 127. The fraction of sp³-hybridized carbons (Fsp3) is 0.167. The summed E-state index contributed by atoms with van der Waals surface area (Å²) in [5.41, 5.74) is -1.41. The van der Waals surface area contributed by atoms with Crippen LogP contribution in [0.2, 0.25) is 0 Å². The molecule has 0 amide bonds. The lowest BCUT2D eigenvalue weighted by molar-refractivity contribution is -0.132. The first-order valence-electron chi connectivity index (χ1n) is 5.35. The van der Waals surface area contributed by atoms with E-state index in [-0.39, 0.29) is 16.7 Å². The Kier molecular flexibility index (Phi) is 6.02. The zero-order valence-corrected chi connectivity index (χ0v) is 12.1. The van der Waals surface area contributed by atoms with Crippen molar-refractivity contribution in [3.63, 3.8) is 0 Å². The number of carbonyl (C=O) groups is 2. The average Bonchev–Trinajstić information content (AvgIpc) is 2.37. The highest BCUT2D eigenvalue weighted by Crippen LogP contribution is 2.19. The number of ketones is 1. The van der Waals surface area contributed by atoms with E-state index in [0.717, 1.165) is 18.3 Å². The molecule has 5 nitrogen and oxygen atoms in total. The lowest BCUT2D eigenvalue weighted by Gasteiger charge is -2.06. The normalized spacial score (nSPS) is 11.3. The maximum Gasteiger partial charge on any atom is 0.341 e. The highest BCUT2D eigenvalue weighted by Gasteiger charge is 2.24. The van der Waals surface area contributed by atoms with E-state index in [9.17, 15) is 18.4 Å². The Morgan fingerprint density at radius 2 is 2.00 bits per heavy atom. The largest absolute Gasteiger partial charge is 0.477 e. The number of carbonyl (C=O) groups excluding carboxylic acids is 1. The van der Waals surface area contributed by atoms with E-state index in [2.05, 4.69) is 5.32 Å². The summed E-state index contributed by atoms with van der Waals surface area (Å²) in [4.78, 5) is 22.9. The van der Waals surface area contributed by atoms with Crippen LogP contribution in [0.5, 0.6) is 0 Å². The lowest BCUT2D eigenvalue weighted by atomic mass is 10.0. The van der Waals surface area contributed by atoms with Crippen LogP contribution < -0.4 is 5.32 Å². The number of aliphatic hydroxyl groups is 1. The van der Waals surface area contributed by atoms with Gasteiger partial charge in [0.1, 0.15) is 5.57 Å². The molecule has 1 aromatic rings. The van der Waals surface area contributed by atoms with Gasteiger partial charge in [-0.3, -0.25) is 4.79 Å². The summed E-state index contributed by atoms with van der Waals surface area (Å²) in [6, 6.07) is 1.95. The van der Waals surface area contributed by atoms with Crippen molar-refractivity contribution < 1.29 is 28.6 Å². The van der Waals surface area contributed by atoms with Crippen LogP contribution in [-0.2, 0) is 4.79 Å². The molecule has 0 heterocycles. The molecule has 0 atom stereocenters. The van der Waals surface area contributed by atoms with Gasteiger partial charge in [0.25, 0.3) is 0 Å². The van der Waals surface area contributed by atoms with Gasteiger partial charge in [0.15, 0.2) is 11.6 Å². The fourth-order valence-corrected chi connectivity index (χ4v) is 1.91. The van der Waals surface area contributed by atoms with E-state index in [1.807, 2.05) is 0 Å². The van der Waals surface area contributed by atoms with Crippen molar-refractivity contribution in [3.05, 3.63) is 44.7 Å². The minimum Gasteiger partial charge on any atom is -0.477 e. The number of carboxylic acid groups (broad SMARTS) is 1. The summed E-state index contributed by atoms with van der Waals surface area (Å²) in [5.74, 6) is -5.37. The van der Waals surface area contributed by atoms with Crippen molar-refractivity contribution in [2.45, 2.75) is 0 Å². The number of halogens is 3. The molecule has 0 aliphatic carbocycles. The van der Waals surface area contributed by atoms with Crippen LogP contribution in [0.25, 0.3) is 0 Å². The SMILES string of the molecule is O=C(O)/C(=C\NCCO)C(=O)c1cc(I)cc(F)c1F. The van der Waals surface area contributed by atoms with Gasteiger partial charge in [0, 0.05) is 16.3 Å². The Hall–Kier alpha value is -1.55. The Labute approximate surface area is 126 Å². The van der Waals surface area contributed by atoms with E-state index in [4.69, 9.17) is 10.2 Å². The summed E-state index contributed by atoms with van der Waals surface area (Å²) < 4.78 is 27.1. The average molecular weight is 397 g/mol. The third-order valence-electron chi connectivity index (χ3n) is 2.22. The van der Waals surface area contributed by atoms with Gasteiger partial charge in [-0.15, -0.1) is 0 Å². The van der Waals surface area contributed by atoms with E-state index in [1.165, 1.54) is 0 Å². The van der Waals surface area contributed by atoms with Gasteiger partial charge in [0.05, 0.1) is 12.2 Å². The van der Waals surface area contributed by atoms with Crippen molar-refractivity contribution in [2.75, 3.05) is 13.2 Å². The zero-order valence-electron chi connectivity index (χ0n) is 9.99. The van der Waals surface area contributed by atoms with Gasteiger partial charge in [-0.2, -0.15) is 0 Å². The van der Waals surface area contributed by atoms with Gasteiger partial charge < -0.3 is 15.5 Å². The van der Waals surface area contributed by atoms with Crippen LogP contribution in [0.1, 0.15) is 10.4 Å². The molecule has 0 aromatic heterocycles. The summed E-state index contributed by atoms with van der Waals surface area (Å²) in [5, 5.41) is 19.9. The second-order valence-electron chi connectivity index (χ2n) is 3.62. The zero-order chi connectivity index (χ0) is 15.3. The van der Waals surface area contributed by atoms with Gasteiger partial charge in [-0.1, -0.05) is 0 Å². The second-order valence-corrected chi connectivity index (χ2v) is 4.86. The molecular formula is C12H10F2INO4. The number of nitrogens with one attached hydrogen (secondary N) is 1. The third kappa shape index (κ3) is 3.97. The maximum atomic E-state index is 13.6. The Balaban J connectivity index is 3.20. The van der Waals surface area contributed by atoms with E-state index in [1.54, 1.807) is 22.6 Å². The molecule has 0 saturated heterocycles. The number of hydrogen-bond donors (Lipinski definition) is 3. The first kappa shape index (κ1) is 16.5. The molecule has 0 bridgehead atoms. The van der Waals surface area contributed by atoms with E-state index < -0.39 is 34.5 Å². The summed E-state index contributed by atoms with van der Waals surface area (Å²) in [6.07, 6.45) is 0.845. The van der Waals surface area contributed by atoms with Crippen molar-refractivity contribution in [3.8, 4) is 0 Å². The number of carboxylic acids is 1. The molecule has 1 rings (SSSR count). The van der Waals surface area contributed by atoms with Crippen LogP contribution in [0, 0.1) is 15.2 Å². The summed E-state index contributed by atoms with van der Waals surface area (Å²) >= 11 is 1.68. The van der Waals surface area contributed by atoms with Gasteiger partial charge >= 0.3 is 5.97 Å². The molecule has 108 valence electrons. The molecule has 0 aliphatic rings. The lowest BCUT2D eigenvalue weighted by Crippen LogP contribution is -2.20. The number of benzene rings is 1. The van der Waals surface area contributed by atoms with E-state index in [0.29, 0.717) is 0 Å². The smallest absolute Gasteiger partial charge is 0.341 e. The van der Waals surface area contributed by atoms with E-state index >= 15 is 0 Å². The molecule has 0 saturated carbocycles. The Morgan fingerprint density at radius 1 is 1.35 bits per heavy atom. The fourth-order valence-electron chi connectivity index (χ4n) is 1.33. The molecule has 0 fully saturated rings. The van der Waals surface area contributed by atoms with Crippen LogP contribution in [-0.4, -0.2) is 35.1 Å². The molecule has 0 spiro atoms. The van der Waals surface area contributed by atoms with Crippen molar-refractivity contribution in [1.82, 2.24) is 5.32 Å². The van der Waals surface area contributed by atoms with Crippen molar-refractivity contribution in [2.24, 2.45) is 0 Å². The Bertz CT molecular complexity index is 575. The standard InChI is InChI=1S/C12H10F2INO4/c13-9-4-6(15)3-7(10(9)14)11(18)8(12(19)20)5-16-1-2-17/h3-5,16-17H,1-2H2,(H,19,20)/b8-5-. The second kappa shape index (κ2) is 7.29. The number of aliphatic carboxylic acids is 1. The minimum absolute atomic E-state index is 0.0211. The first-order valence-corrected chi connectivity index (χ1v) is 6.43. The molecule has 1 aromatic carbocycles. The molecule has 0 unspecified atom stereocenters. The predicted octanol–water partition coefficient (Wildman–Crippen LogP) is 1.30. The van der Waals surface area contributed by atoms with Crippen LogP contribution in [0.15, 0.2) is 23.9 Å². The van der Waals surface area contributed by atoms with Gasteiger partial charge in [-0.25, -0.2) is 13.6 Å². The monoisotopic (exact) mass is 397 g/mol. The van der Waals surface area contributed by atoms with Gasteiger partial charge in [0.2, 0.25) is 5.78 Å². The molecule has 0 aliphatic heterocycles.